The van der Waals surface area contributed by atoms with Crippen LogP contribution in [0.25, 0.3) is 0 Å². The summed E-state index contributed by atoms with van der Waals surface area (Å²) in [7, 11) is -3.51. The zero-order valence-corrected chi connectivity index (χ0v) is 18.4. The smallest absolute Gasteiger partial charge is 0.243 e. The van der Waals surface area contributed by atoms with Crippen molar-refractivity contribution in [2.45, 2.75) is 45.1 Å². The highest BCUT2D eigenvalue weighted by Crippen LogP contribution is 2.27. The Kier molecular flexibility index (Phi) is 6.58. The molecule has 1 aromatic heterocycles. The van der Waals surface area contributed by atoms with Gasteiger partial charge in [0.2, 0.25) is 15.9 Å². The standard InChI is InChI=1S/C21H28N2O3S2/c1-4-22(15-19-6-5-13-27-19)21(24)18-9-11-23(12-10-18)28(25,26)20-8-7-16(2)17(3)14-20/h5-8,13-14,18H,4,9-12,15H2,1-3H3. The highest BCUT2D eigenvalue weighted by atomic mass is 32.2. The number of sulfonamides is 1. The number of aryl methyl sites for hydroxylation is 2. The molecule has 152 valence electrons. The Morgan fingerprint density at radius 2 is 1.89 bits per heavy atom. The number of amides is 1. The highest BCUT2D eigenvalue weighted by Gasteiger charge is 2.33. The number of hydrogen-bond donors (Lipinski definition) is 0. The third kappa shape index (κ3) is 4.47. The largest absolute Gasteiger partial charge is 0.338 e. The molecule has 2 aromatic rings. The molecule has 1 aromatic carbocycles. The van der Waals surface area contributed by atoms with Crippen LogP contribution in [0.4, 0.5) is 0 Å². The normalized spacial score (nSPS) is 16.2. The van der Waals surface area contributed by atoms with Crippen molar-refractivity contribution in [3.05, 3.63) is 51.7 Å². The fraction of sp³-hybridized carbons (Fsp3) is 0.476. The predicted octanol–water partition coefficient (Wildman–Crippen LogP) is 3.81. The van der Waals surface area contributed by atoms with E-state index in [-0.39, 0.29) is 11.8 Å². The van der Waals surface area contributed by atoms with E-state index >= 15 is 0 Å². The summed E-state index contributed by atoms with van der Waals surface area (Å²) in [5, 5.41) is 2.02. The first-order chi connectivity index (χ1) is 13.3. The van der Waals surface area contributed by atoms with Crippen LogP contribution in [0.2, 0.25) is 0 Å². The van der Waals surface area contributed by atoms with Gasteiger partial charge in [-0.3, -0.25) is 4.79 Å². The maximum atomic E-state index is 13.0. The summed E-state index contributed by atoms with van der Waals surface area (Å²) in [6.07, 6.45) is 1.15. The molecule has 1 saturated heterocycles. The fourth-order valence-corrected chi connectivity index (χ4v) is 5.84. The predicted molar refractivity (Wildman–Crippen MR) is 113 cm³/mol. The van der Waals surface area contributed by atoms with Gasteiger partial charge >= 0.3 is 0 Å². The minimum atomic E-state index is -3.51. The number of carbonyl (C=O) groups is 1. The molecule has 7 heteroatoms. The van der Waals surface area contributed by atoms with E-state index in [4.69, 9.17) is 0 Å². The lowest BCUT2D eigenvalue weighted by molar-refractivity contribution is -0.137. The Bertz CT molecular complexity index is 915. The monoisotopic (exact) mass is 420 g/mol. The van der Waals surface area contributed by atoms with Crippen molar-refractivity contribution in [3.8, 4) is 0 Å². The van der Waals surface area contributed by atoms with Crippen LogP contribution in [0.15, 0.2) is 40.6 Å². The van der Waals surface area contributed by atoms with E-state index < -0.39 is 10.0 Å². The number of carbonyl (C=O) groups excluding carboxylic acids is 1. The van der Waals surface area contributed by atoms with Crippen molar-refractivity contribution in [2.24, 2.45) is 5.92 Å². The van der Waals surface area contributed by atoms with Gasteiger partial charge in [0.1, 0.15) is 0 Å². The molecule has 5 nitrogen and oxygen atoms in total. The first-order valence-electron chi connectivity index (χ1n) is 9.71. The summed E-state index contributed by atoms with van der Waals surface area (Å²) >= 11 is 1.65. The summed E-state index contributed by atoms with van der Waals surface area (Å²) in [6, 6.07) is 9.30. The molecule has 0 N–H and O–H groups in total. The van der Waals surface area contributed by atoms with Crippen LogP contribution in [-0.4, -0.2) is 43.2 Å². The second kappa shape index (κ2) is 8.76. The summed E-state index contributed by atoms with van der Waals surface area (Å²) in [5.74, 6) is 0.0326. The van der Waals surface area contributed by atoms with E-state index in [1.165, 1.54) is 9.18 Å². The van der Waals surface area contributed by atoms with Crippen LogP contribution in [0.5, 0.6) is 0 Å². The average molecular weight is 421 g/mol. The molecule has 1 fully saturated rings. The lowest BCUT2D eigenvalue weighted by atomic mass is 9.96. The highest BCUT2D eigenvalue weighted by molar-refractivity contribution is 7.89. The summed E-state index contributed by atoms with van der Waals surface area (Å²) in [4.78, 5) is 16.3. The van der Waals surface area contributed by atoms with Gasteiger partial charge in [-0.1, -0.05) is 12.1 Å². The Balaban J connectivity index is 1.64. The fourth-order valence-electron chi connectivity index (χ4n) is 3.56. The first kappa shape index (κ1) is 21.0. The molecule has 1 amide bonds. The van der Waals surface area contributed by atoms with Crippen molar-refractivity contribution in [1.29, 1.82) is 0 Å². The maximum Gasteiger partial charge on any atom is 0.243 e. The van der Waals surface area contributed by atoms with Gasteiger partial charge in [-0.25, -0.2) is 8.42 Å². The van der Waals surface area contributed by atoms with Gasteiger partial charge in [0.05, 0.1) is 11.4 Å². The lowest BCUT2D eigenvalue weighted by Gasteiger charge is -2.33. The molecular formula is C21H28N2O3S2. The molecule has 3 rings (SSSR count). The van der Waals surface area contributed by atoms with Crippen molar-refractivity contribution >= 4 is 27.3 Å². The van der Waals surface area contributed by atoms with Crippen LogP contribution in [0.3, 0.4) is 0 Å². The second-order valence-electron chi connectivity index (χ2n) is 7.36. The van der Waals surface area contributed by atoms with Crippen molar-refractivity contribution in [3.63, 3.8) is 0 Å². The summed E-state index contributed by atoms with van der Waals surface area (Å²) < 4.78 is 27.4. The molecule has 0 aliphatic carbocycles. The quantitative estimate of drug-likeness (QED) is 0.714. The van der Waals surface area contributed by atoms with E-state index in [2.05, 4.69) is 0 Å². The third-order valence-corrected chi connectivity index (χ3v) is 8.30. The number of rotatable bonds is 6. The van der Waals surface area contributed by atoms with Gasteiger partial charge < -0.3 is 4.90 Å². The van der Waals surface area contributed by atoms with Gasteiger partial charge in [-0.15, -0.1) is 11.3 Å². The molecular weight excluding hydrogens is 392 g/mol. The van der Waals surface area contributed by atoms with E-state index in [1.807, 2.05) is 49.3 Å². The van der Waals surface area contributed by atoms with Gasteiger partial charge in [-0.2, -0.15) is 4.31 Å². The Hall–Kier alpha value is -1.70. The van der Waals surface area contributed by atoms with Gasteiger partial charge in [0.15, 0.2) is 0 Å². The van der Waals surface area contributed by atoms with E-state index in [0.717, 1.165) is 11.1 Å². The Morgan fingerprint density at radius 3 is 2.46 bits per heavy atom. The number of benzene rings is 1. The van der Waals surface area contributed by atoms with Crippen LogP contribution >= 0.6 is 11.3 Å². The molecule has 0 radical (unpaired) electrons. The SMILES string of the molecule is CCN(Cc1cccs1)C(=O)C1CCN(S(=O)(=O)c2ccc(C)c(C)c2)CC1. The average Bonchev–Trinajstić information content (AvgIpc) is 3.21. The number of hydrogen-bond acceptors (Lipinski definition) is 4. The van der Waals surface area contributed by atoms with Crippen molar-refractivity contribution < 1.29 is 13.2 Å². The van der Waals surface area contributed by atoms with Crippen molar-refractivity contribution in [2.75, 3.05) is 19.6 Å². The molecule has 0 spiro atoms. The number of nitrogens with zero attached hydrogens (tertiary/aromatic N) is 2. The molecule has 0 atom stereocenters. The zero-order valence-electron chi connectivity index (χ0n) is 16.7. The van der Waals surface area contributed by atoms with E-state index in [1.54, 1.807) is 23.5 Å². The van der Waals surface area contributed by atoms with E-state index in [9.17, 15) is 13.2 Å². The third-order valence-electron chi connectivity index (χ3n) is 5.54. The minimum absolute atomic E-state index is 0.105. The van der Waals surface area contributed by atoms with Crippen LogP contribution < -0.4 is 0 Å². The maximum absolute atomic E-state index is 13.0. The molecule has 2 heterocycles. The van der Waals surface area contributed by atoms with Gasteiger partial charge in [0.25, 0.3) is 0 Å². The summed E-state index contributed by atoms with van der Waals surface area (Å²) in [6.45, 7) is 7.96. The molecule has 0 bridgehead atoms. The Labute approximate surface area is 172 Å². The lowest BCUT2D eigenvalue weighted by Crippen LogP contribution is -2.44. The molecule has 28 heavy (non-hydrogen) atoms. The van der Waals surface area contributed by atoms with Crippen LogP contribution in [0, 0.1) is 19.8 Å². The first-order valence-corrected chi connectivity index (χ1v) is 12.0. The number of thiophene rings is 1. The van der Waals surface area contributed by atoms with E-state index in [0.29, 0.717) is 43.9 Å². The zero-order chi connectivity index (χ0) is 20.3. The van der Waals surface area contributed by atoms with Crippen LogP contribution in [-0.2, 0) is 21.4 Å². The topological polar surface area (TPSA) is 57.7 Å². The van der Waals surface area contributed by atoms with Crippen LogP contribution in [0.1, 0.15) is 35.8 Å². The molecule has 1 aliphatic heterocycles. The molecule has 0 saturated carbocycles. The van der Waals surface area contributed by atoms with Gasteiger partial charge in [0, 0.05) is 30.4 Å². The van der Waals surface area contributed by atoms with Gasteiger partial charge in [-0.05, 0) is 68.3 Å². The number of piperidine rings is 1. The molecule has 1 aliphatic rings. The minimum Gasteiger partial charge on any atom is -0.338 e. The Morgan fingerprint density at radius 1 is 1.18 bits per heavy atom. The molecule has 0 unspecified atom stereocenters. The second-order valence-corrected chi connectivity index (χ2v) is 10.3. The summed E-state index contributed by atoms with van der Waals surface area (Å²) in [5.41, 5.74) is 2.05. The van der Waals surface area contributed by atoms with Crippen molar-refractivity contribution in [1.82, 2.24) is 9.21 Å².